The first-order chi connectivity index (χ1) is 12.8. The number of hydrogen-bond donors (Lipinski definition) is 0. The first-order valence-electron chi connectivity index (χ1n) is 8.39. The molecule has 0 bridgehead atoms. The minimum absolute atomic E-state index is 0.0539. The van der Waals surface area contributed by atoms with Crippen LogP contribution in [-0.2, 0) is 4.79 Å². The van der Waals surface area contributed by atoms with Crippen molar-refractivity contribution in [2.24, 2.45) is 0 Å². The number of hydrogen-bond acceptors (Lipinski definition) is 6. The van der Waals surface area contributed by atoms with Crippen LogP contribution in [0.1, 0.15) is 4.88 Å². The van der Waals surface area contributed by atoms with Gasteiger partial charge in [0, 0.05) is 49.5 Å². The van der Waals surface area contributed by atoms with Crippen molar-refractivity contribution in [2.45, 2.75) is 0 Å². The van der Waals surface area contributed by atoms with E-state index in [2.05, 4.69) is 20.2 Å². The second kappa shape index (κ2) is 7.49. The molecule has 132 valence electrons. The normalized spacial score (nSPS) is 14.9. The standard InChI is InChI=1S/C18H18N6OS/c25-18(7-4-15-3-1-14-26-15)23-12-10-22(11-13-23)16-5-6-17(21-20-16)24-9-2-8-19-24/h1-9,14H,10-13H2/b7-4+. The van der Waals surface area contributed by atoms with Crippen molar-refractivity contribution in [1.82, 2.24) is 24.9 Å². The molecule has 4 rings (SSSR count). The molecule has 0 atom stereocenters. The Kier molecular flexibility index (Phi) is 4.74. The number of rotatable bonds is 4. The van der Waals surface area contributed by atoms with Crippen LogP contribution >= 0.6 is 11.3 Å². The summed E-state index contributed by atoms with van der Waals surface area (Å²) in [6, 6.07) is 9.66. The van der Waals surface area contributed by atoms with Gasteiger partial charge in [-0.05, 0) is 35.7 Å². The second-order valence-corrected chi connectivity index (χ2v) is 6.84. The van der Waals surface area contributed by atoms with Gasteiger partial charge in [0.25, 0.3) is 0 Å². The summed E-state index contributed by atoms with van der Waals surface area (Å²) >= 11 is 1.62. The molecule has 1 saturated heterocycles. The summed E-state index contributed by atoms with van der Waals surface area (Å²) in [5, 5.41) is 14.7. The Hall–Kier alpha value is -3.00. The van der Waals surface area contributed by atoms with Gasteiger partial charge in [-0.1, -0.05) is 6.07 Å². The molecule has 0 aromatic carbocycles. The van der Waals surface area contributed by atoms with Crippen LogP contribution in [0.5, 0.6) is 0 Å². The number of aromatic nitrogens is 4. The first-order valence-corrected chi connectivity index (χ1v) is 9.27. The highest BCUT2D eigenvalue weighted by molar-refractivity contribution is 7.10. The predicted molar refractivity (Wildman–Crippen MR) is 101 cm³/mol. The van der Waals surface area contributed by atoms with Crippen molar-refractivity contribution < 1.29 is 4.79 Å². The molecule has 26 heavy (non-hydrogen) atoms. The van der Waals surface area contributed by atoms with Crippen LogP contribution in [0.3, 0.4) is 0 Å². The summed E-state index contributed by atoms with van der Waals surface area (Å²) in [7, 11) is 0. The van der Waals surface area contributed by atoms with E-state index in [0.29, 0.717) is 18.9 Å². The van der Waals surface area contributed by atoms with E-state index in [1.165, 1.54) is 0 Å². The van der Waals surface area contributed by atoms with E-state index in [-0.39, 0.29) is 5.91 Å². The highest BCUT2D eigenvalue weighted by Crippen LogP contribution is 2.15. The van der Waals surface area contributed by atoms with E-state index in [9.17, 15) is 4.79 Å². The Morgan fingerprint density at radius 3 is 2.50 bits per heavy atom. The van der Waals surface area contributed by atoms with Gasteiger partial charge in [0.15, 0.2) is 11.6 Å². The fourth-order valence-corrected chi connectivity index (χ4v) is 3.43. The number of amides is 1. The monoisotopic (exact) mass is 366 g/mol. The smallest absolute Gasteiger partial charge is 0.246 e. The highest BCUT2D eigenvalue weighted by Gasteiger charge is 2.20. The summed E-state index contributed by atoms with van der Waals surface area (Å²) in [5.74, 6) is 1.56. The number of nitrogens with zero attached hydrogens (tertiary/aromatic N) is 6. The van der Waals surface area contributed by atoms with Gasteiger partial charge in [0.05, 0.1) is 0 Å². The van der Waals surface area contributed by atoms with E-state index in [4.69, 9.17) is 0 Å². The van der Waals surface area contributed by atoms with Gasteiger partial charge >= 0.3 is 0 Å². The summed E-state index contributed by atoms with van der Waals surface area (Å²) in [4.78, 5) is 17.4. The van der Waals surface area contributed by atoms with Crippen molar-refractivity contribution >= 4 is 29.1 Å². The third-order valence-corrected chi connectivity index (χ3v) is 5.06. The zero-order valence-electron chi connectivity index (χ0n) is 14.1. The van der Waals surface area contributed by atoms with Crippen molar-refractivity contribution in [3.63, 3.8) is 0 Å². The van der Waals surface area contributed by atoms with Gasteiger partial charge in [-0.25, -0.2) is 4.68 Å². The molecule has 1 aliphatic rings. The minimum Gasteiger partial charge on any atom is -0.352 e. The second-order valence-electron chi connectivity index (χ2n) is 5.86. The van der Waals surface area contributed by atoms with Crippen molar-refractivity contribution in [1.29, 1.82) is 0 Å². The largest absolute Gasteiger partial charge is 0.352 e. The fraction of sp³-hybridized carbons (Fsp3) is 0.222. The maximum Gasteiger partial charge on any atom is 0.246 e. The van der Waals surface area contributed by atoms with Crippen LogP contribution in [0, 0.1) is 0 Å². The molecule has 0 aliphatic carbocycles. The Labute approximate surface area is 155 Å². The van der Waals surface area contributed by atoms with Crippen LogP contribution in [0.15, 0.2) is 54.2 Å². The molecule has 4 heterocycles. The Bertz CT molecular complexity index is 865. The van der Waals surface area contributed by atoms with Crippen molar-refractivity contribution in [3.05, 3.63) is 59.1 Å². The quantitative estimate of drug-likeness (QED) is 0.662. The molecule has 8 heteroatoms. The summed E-state index contributed by atoms with van der Waals surface area (Å²) in [5.41, 5.74) is 0. The van der Waals surface area contributed by atoms with Crippen molar-refractivity contribution in [2.75, 3.05) is 31.1 Å². The molecule has 7 nitrogen and oxygen atoms in total. The van der Waals surface area contributed by atoms with E-state index in [1.54, 1.807) is 28.3 Å². The number of carbonyl (C=O) groups excluding carboxylic acids is 1. The molecule has 0 saturated carbocycles. The average molecular weight is 366 g/mol. The van der Waals surface area contributed by atoms with Crippen LogP contribution < -0.4 is 4.90 Å². The molecule has 3 aromatic rings. The molecule has 1 fully saturated rings. The number of carbonyl (C=O) groups is 1. The van der Waals surface area contributed by atoms with Gasteiger partial charge in [0.1, 0.15) is 0 Å². The van der Waals surface area contributed by atoms with E-state index in [0.717, 1.165) is 23.8 Å². The van der Waals surface area contributed by atoms with Gasteiger partial charge < -0.3 is 9.80 Å². The first kappa shape index (κ1) is 16.5. The molecule has 1 aliphatic heterocycles. The van der Waals surface area contributed by atoms with E-state index in [1.807, 2.05) is 52.9 Å². The molecule has 0 unspecified atom stereocenters. The molecule has 0 spiro atoms. The molecular formula is C18H18N6OS. The molecular weight excluding hydrogens is 348 g/mol. The predicted octanol–water partition coefficient (Wildman–Crippen LogP) is 2.09. The summed E-state index contributed by atoms with van der Waals surface area (Å²) < 4.78 is 1.67. The lowest BCUT2D eigenvalue weighted by atomic mass is 10.3. The third kappa shape index (κ3) is 3.65. The average Bonchev–Trinajstić information content (AvgIpc) is 3.40. The number of piperazine rings is 1. The summed E-state index contributed by atoms with van der Waals surface area (Å²) in [6.07, 6.45) is 7.07. The van der Waals surface area contributed by atoms with Crippen LogP contribution in [-0.4, -0.2) is 57.0 Å². The van der Waals surface area contributed by atoms with Crippen LogP contribution in [0.2, 0.25) is 0 Å². The van der Waals surface area contributed by atoms with Gasteiger partial charge in [-0.2, -0.15) is 5.10 Å². The van der Waals surface area contributed by atoms with Gasteiger partial charge in [-0.3, -0.25) is 4.79 Å². The lowest BCUT2D eigenvalue weighted by Crippen LogP contribution is -2.48. The highest BCUT2D eigenvalue weighted by atomic mass is 32.1. The summed E-state index contributed by atoms with van der Waals surface area (Å²) in [6.45, 7) is 2.84. The maximum atomic E-state index is 12.3. The van der Waals surface area contributed by atoms with Gasteiger partial charge in [0.2, 0.25) is 5.91 Å². The zero-order valence-corrected chi connectivity index (χ0v) is 14.9. The maximum absolute atomic E-state index is 12.3. The lowest BCUT2D eigenvalue weighted by molar-refractivity contribution is -0.126. The molecule has 0 N–H and O–H groups in total. The molecule has 0 radical (unpaired) electrons. The number of thiophene rings is 1. The topological polar surface area (TPSA) is 67.2 Å². The van der Waals surface area contributed by atoms with Crippen LogP contribution in [0.4, 0.5) is 5.82 Å². The lowest BCUT2D eigenvalue weighted by Gasteiger charge is -2.34. The Balaban J connectivity index is 1.34. The fourth-order valence-electron chi connectivity index (χ4n) is 2.81. The Morgan fingerprint density at radius 2 is 1.85 bits per heavy atom. The third-order valence-electron chi connectivity index (χ3n) is 4.22. The minimum atomic E-state index is 0.0539. The zero-order chi connectivity index (χ0) is 17.8. The van der Waals surface area contributed by atoms with E-state index >= 15 is 0 Å². The Morgan fingerprint density at radius 1 is 1.04 bits per heavy atom. The van der Waals surface area contributed by atoms with Crippen molar-refractivity contribution in [3.8, 4) is 5.82 Å². The SMILES string of the molecule is O=C(/C=C/c1cccs1)N1CCN(c2ccc(-n3cccn3)nn2)CC1. The molecule has 3 aromatic heterocycles. The van der Waals surface area contributed by atoms with Gasteiger partial charge in [-0.15, -0.1) is 21.5 Å². The van der Waals surface area contributed by atoms with Crippen LogP contribution in [0.25, 0.3) is 11.9 Å². The van der Waals surface area contributed by atoms with E-state index < -0.39 is 0 Å². The molecule has 1 amide bonds. The number of anilines is 1.